The van der Waals surface area contributed by atoms with Crippen molar-refractivity contribution in [2.75, 3.05) is 24.7 Å². The molecule has 1 aromatic rings. The fourth-order valence-corrected chi connectivity index (χ4v) is 5.75. The third kappa shape index (κ3) is 3.24. The van der Waals surface area contributed by atoms with Crippen molar-refractivity contribution in [3.63, 3.8) is 0 Å². The Hall–Kier alpha value is -0.0300. The van der Waals surface area contributed by atoms with E-state index in [4.69, 9.17) is 4.74 Å². The Morgan fingerprint density at radius 1 is 1.55 bits per heavy atom. The summed E-state index contributed by atoms with van der Waals surface area (Å²) < 4.78 is 6.18. The molecule has 112 valence electrons. The van der Waals surface area contributed by atoms with Crippen LogP contribution in [0.1, 0.15) is 43.5 Å². The molecule has 2 fully saturated rings. The number of rotatable bonds is 5. The van der Waals surface area contributed by atoms with Gasteiger partial charge in [-0.15, -0.1) is 11.3 Å². The maximum atomic E-state index is 6.18. The number of nitrogens with one attached hydrogen (secondary N) is 1. The number of hydrogen-bond acceptors (Lipinski definition) is 4. The van der Waals surface area contributed by atoms with Crippen LogP contribution in [0.25, 0.3) is 0 Å². The van der Waals surface area contributed by atoms with Crippen LogP contribution in [0.3, 0.4) is 0 Å². The first-order chi connectivity index (χ1) is 9.83. The first-order valence-corrected chi connectivity index (χ1v) is 9.85. The van der Waals surface area contributed by atoms with Gasteiger partial charge in [-0.25, -0.2) is 0 Å². The van der Waals surface area contributed by atoms with E-state index in [-0.39, 0.29) is 5.60 Å². The molecule has 3 unspecified atom stereocenters. The lowest BCUT2D eigenvalue weighted by molar-refractivity contribution is -0.0852. The van der Waals surface area contributed by atoms with E-state index in [0.29, 0.717) is 6.04 Å². The summed E-state index contributed by atoms with van der Waals surface area (Å²) >= 11 is 3.96. The first-order valence-electron chi connectivity index (χ1n) is 7.81. The van der Waals surface area contributed by atoms with Crippen molar-refractivity contribution in [3.05, 3.63) is 22.4 Å². The van der Waals surface area contributed by atoms with E-state index in [9.17, 15) is 0 Å². The van der Waals surface area contributed by atoms with Gasteiger partial charge in [0.2, 0.25) is 0 Å². The van der Waals surface area contributed by atoms with Gasteiger partial charge in [-0.3, -0.25) is 0 Å². The summed E-state index contributed by atoms with van der Waals surface area (Å²) in [5.74, 6) is 3.21. The van der Waals surface area contributed by atoms with Gasteiger partial charge in [0.15, 0.2) is 0 Å². The Balaban J connectivity index is 1.72. The molecule has 1 spiro atoms. The number of thiophene rings is 1. The first kappa shape index (κ1) is 14.9. The average molecular weight is 312 g/mol. The summed E-state index contributed by atoms with van der Waals surface area (Å²) in [6, 6.07) is 5.01. The van der Waals surface area contributed by atoms with Crippen LogP contribution in [-0.4, -0.2) is 30.3 Å². The number of ether oxygens (including phenoxy) is 1. The molecule has 0 bridgehead atoms. The van der Waals surface area contributed by atoms with Crippen molar-refractivity contribution < 1.29 is 4.74 Å². The lowest BCUT2D eigenvalue weighted by Gasteiger charge is -2.41. The van der Waals surface area contributed by atoms with Crippen LogP contribution in [0.4, 0.5) is 0 Å². The summed E-state index contributed by atoms with van der Waals surface area (Å²) in [6.45, 7) is 4.31. The number of thioether (sulfide) groups is 1. The van der Waals surface area contributed by atoms with E-state index in [1.807, 2.05) is 11.3 Å². The predicted octanol–water partition coefficient (Wildman–Crippen LogP) is 4.09. The van der Waals surface area contributed by atoms with Crippen LogP contribution >= 0.6 is 23.1 Å². The molecule has 1 N–H and O–H groups in total. The zero-order valence-corrected chi connectivity index (χ0v) is 13.9. The zero-order valence-electron chi connectivity index (χ0n) is 12.3. The van der Waals surface area contributed by atoms with Gasteiger partial charge in [0.05, 0.1) is 5.60 Å². The average Bonchev–Trinajstić information content (AvgIpc) is 3.12. The monoisotopic (exact) mass is 311 g/mol. The smallest absolute Gasteiger partial charge is 0.0783 e. The van der Waals surface area contributed by atoms with Crippen LogP contribution in [0.15, 0.2) is 17.5 Å². The molecule has 2 aliphatic heterocycles. The quantitative estimate of drug-likeness (QED) is 0.885. The summed E-state index contributed by atoms with van der Waals surface area (Å²) in [5, 5.41) is 6.00. The summed E-state index contributed by atoms with van der Waals surface area (Å²) in [6.07, 6.45) is 4.89. The van der Waals surface area contributed by atoms with Gasteiger partial charge >= 0.3 is 0 Å². The Morgan fingerprint density at radius 2 is 2.50 bits per heavy atom. The summed E-state index contributed by atoms with van der Waals surface area (Å²) in [7, 11) is 0. The van der Waals surface area contributed by atoms with Crippen molar-refractivity contribution in [2.24, 2.45) is 5.92 Å². The van der Waals surface area contributed by atoms with E-state index in [0.717, 1.165) is 19.1 Å². The van der Waals surface area contributed by atoms with Crippen LogP contribution < -0.4 is 5.32 Å². The molecule has 0 amide bonds. The van der Waals surface area contributed by atoms with Crippen molar-refractivity contribution in [3.8, 4) is 0 Å². The lowest BCUT2D eigenvalue weighted by atomic mass is 9.80. The van der Waals surface area contributed by atoms with E-state index in [1.54, 1.807) is 0 Å². The third-order valence-electron chi connectivity index (χ3n) is 4.53. The molecule has 3 rings (SSSR count). The largest absolute Gasteiger partial charge is 0.374 e. The highest BCUT2D eigenvalue weighted by Crippen LogP contribution is 2.44. The molecule has 1 aromatic heterocycles. The topological polar surface area (TPSA) is 21.3 Å². The maximum Gasteiger partial charge on any atom is 0.0783 e. The van der Waals surface area contributed by atoms with Crippen molar-refractivity contribution in [2.45, 2.75) is 44.2 Å². The Labute approximate surface area is 130 Å². The molecule has 0 aliphatic carbocycles. The fourth-order valence-electron chi connectivity index (χ4n) is 3.48. The van der Waals surface area contributed by atoms with Crippen molar-refractivity contribution in [1.82, 2.24) is 5.32 Å². The minimum atomic E-state index is 0.191. The second-order valence-corrected chi connectivity index (χ2v) is 8.12. The highest BCUT2D eigenvalue weighted by atomic mass is 32.2. The fraction of sp³-hybridized carbons (Fsp3) is 0.750. The van der Waals surface area contributed by atoms with Gasteiger partial charge in [0, 0.05) is 23.3 Å². The maximum absolute atomic E-state index is 6.18. The molecule has 3 heterocycles. The predicted molar refractivity (Wildman–Crippen MR) is 88.7 cm³/mol. The minimum Gasteiger partial charge on any atom is -0.374 e. The van der Waals surface area contributed by atoms with Crippen LogP contribution in [0.2, 0.25) is 0 Å². The molecule has 3 atom stereocenters. The third-order valence-corrected chi connectivity index (χ3v) is 6.71. The van der Waals surface area contributed by atoms with Crippen LogP contribution in [-0.2, 0) is 4.74 Å². The van der Waals surface area contributed by atoms with E-state index >= 15 is 0 Å². The van der Waals surface area contributed by atoms with Crippen LogP contribution in [0, 0.1) is 5.92 Å². The normalized spacial score (nSPS) is 31.8. The van der Waals surface area contributed by atoms with E-state index in [2.05, 4.69) is 41.5 Å². The molecular weight excluding hydrogens is 286 g/mol. The van der Waals surface area contributed by atoms with E-state index in [1.165, 1.54) is 42.1 Å². The van der Waals surface area contributed by atoms with Gasteiger partial charge in [-0.05, 0) is 55.3 Å². The van der Waals surface area contributed by atoms with E-state index < -0.39 is 0 Å². The molecule has 2 nitrogen and oxygen atoms in total. The molecular formula is C16H25NOS2. The van der Waals surface area contributed by atoms with Crippen molar-refractivity contribution >= 4 is 23.1 Å². The molecule has 0 saturated carbocycles. The second-order valence-electron chi connectivity index (χ2n) is 6.03. The highest BCUT2D eigenvalue weighted by Gasteiger charge is 2.42. The minimum absolute atomic E-state index is 0.191. The van der Waals surface area contributed by atoms with Gasteiger partial charge in [0.25, 0.3) is 0 Å². The molecule has 2 aliphatic rings. The Kier molecular flexibility index (Phi) is 5.08. The van der Waals surface area contributed by atoms with Crippen molar-refractivity contribution in [1.29, 1.82) is 0 Å². The molecule has 4 heteroatoms. The zero-order chi connectivity index (χ0) is 13.8. The summed E-state index contributed by atoms with van der Waals surface area (Å²) in [4.78, 5) is 1.51. The van der Waals surface area contributed by atoms with Gasteiger partial charge in [0.1, 0.15) is 0 Å². The molecule has 20 heavy (non-hydrogen) atoms. The Bertz CT molecular complexity index is 401. The second kappa shape index (κ2) is 6.82. The molecule has 0 aromatic carbocycles. The number of hydrogen-bond donors (Lipinski definition) is 1. The Morgan fingerprint density at radius 3 is 3.20 bits per heavy atom. The molecule has 2 saturated heterocycles. The van der Waals surface area contributed by atoms with Gasteiger partial charge in [-0.1, -0.05) is 13.0 Å². The van der Waals surface area contributed by atoms with Gasteiger partial charge in [-0.2, -0.15) is 11.8 Å². The standard InChI is InChI=1S/C16H25NOS2/c1-2-7-17-15(14-4-3-9-20-14)13-5-8-18-16(11-13)6-10-19-12-16/h3-4,9,13,15,17H,2,5-8,10-12H2,1H3. The lowest BCUT2D eigenvalue weighted by Crippen LogP contribution is -2.43. The SMILES string of the molecule is CCCNC(c1cccs1)C1CCOC2(CCSC2)C1. The highest BCUT2D eigenvalue weighted by molar-refractivity contribution is 7.99. The van der Waals surface area contributed by atoms with Crippen LogP contribution in [0.5, 0.6) is 0 Å². The molecule has 0 radical (unpaired) electrons. The van der Waals surface area contributed by atoms with Gasteiger partial charge < -0.3 is 10.1 Å². The summed E-state index contributed by atoms with van der Waals surface area (Å²) in [5.41, 5.74) is 0.191.